The van der Waals surface area contributed by atoms with Crippen molar-refractivity contribution in [1.29, 1.82) is 0 Å². The fourth-order valence-electron chi connectivity index (χ4n) is 3.04. The maximum Gasteiger partial charge on any atom is 0.309 e. The first-order valence-corrected chi connectivity index (χ1v) is 22.5. The molecule has 0 radical (unpaired) electrons. The Morgan fingerprint density at radius 2 is 1.03 bits per heavy atom. The van der Waals surface area contributed by atoms with Gasteiger partial charge in [-0.1, -0.05) is 62.3 Å². The number of rotatable bonds is 10. The molecule has 0 bridgehead atoms. The zero-order valence-corrected chi connectivity index (χ0v) is 30.1. The molecule has 0 aliphatic carbocycles. The van der Waals surface area contributed by atoms with Crippen molar-refractivity contribution in [3.8, 4) is 0 Å². The molecule has 0 aromatic heterocycles. The van der Waals surface area contributed by atoms with Gasteiger partial charge in [-0.3, -0.25) is 4.79 Å². The highest BCUT2D eigenvalue weighted by Gasteiger charge is 2.57. The number of nitrogens with zero attached hydrogens (tertiary/aromatic N) is 1. The summed E-state index contributed by atoms with van der Waals surface area (Å²) in [6.07, 6.45) is -2.32. The lowest BCUT2D eigenvalue weighted by molar-refractivity contribution is -0.205. The van der Waals surface area contributed by atoms with Crippen LogP contribution in [0.5, 0.6) is 0 Å². The minimum atomic E-state index is -2.28. The molecule has 1 fully saturated rings. The Labute approximate surface area is 231 Å². The van der Waals surface area contributed by atoms with Crippen LogP contribution in [0.2, 0.25) is 54.4 Å². The second kappa shape index (κ2) is 11.8. The second-order valence-corrected chi connectivity index (χ2v) is 29.7. The van der Waals surface area contributed by atoms with Gasteiger partial charge in [0.2, 0.25) is 6.29 Å². The fraction of sp³-hybridized carbons (Fsp3) is 0.963. The number of hydrogen-bond donors (Lipinski definition) is 0. The molecule has 0 N–H and O–H groups in total. The van der Waals surface area contributed by atoms with E-state index in [0.717, 1.165) is 0 Å². The third kappa shape index (κ3) is 9.23. The highest BCUT2D eigenvalue weighted by atomic mass is 28.4. The van der Waals surface area contributed by atoms with Gasteiger partial charge < -0.3 is 27.7 Å². The molecule has 7 nitrogen and oxygen atoms in total. The van der Waals surface area contributed by atoms with Crippen LogP contribution in [-0.2, 0) is 27.5 Å². The lowest BCUT2D eigenvalue weighted by atomic mass is 10.2. The molecule has 0 unspecified atom stereocenters. The molecule has 0 saturated carbocycles. The molecule has 1 rings (SSSR count). The van der Waals surface area contributed by atoms with Crippen LogP contribution in [-0.4, -0.2) is 81.2 Å². The first-order valence-electron chi connectivity index (χ1n) is 13.7. The van der Waals surface area contributed by atoms with Gasteiger partial charge in [-0.25, -0.2) is 0 Å². The Morgan fingerprint density at radius 3 is 1.38 bits per heavy atom. The Bertz CT molecular complexity index is 766. The minimum absolute atomic E-state index is 0.0173. The third-order valence-corrected chi connectivity index (χ3v) is 22.2. The summed E-state index contributed by atoms with van der Waals surface area (Å²) in [7, 11) is -2.89. The molecule has 4 atom stereocenters. The van der Waals surface area contributed by atoms with Crippen molar-refractivity contribution < 1.29 is 27.5 Å². The molecule has 37 heavy (non-hydrogen) atoms. The number of esters is 1. The lowest BCUT2D eigenvalue weighted by Crippen LogP contribution is -2.56. The van der Waals surface area contributed by atoms with Crippen LogP contribution in [0.25, 0.3) is 0 Å². The lowest BCUT2D eigenvalue weighted by Gasteiger charge is -2.45. The summed E-state index contributed by atoms with van der Waals surface area (Å²) < 4.78 is 33.2. The third-order valence-electron chi connectivity index (χ3n) is 8.83. The predicted molar refractivity (Wildman–Crippen MR) is 160 cm³/mol. The normalized spacial score (nSPS) is 24.6. The zero-order valence-electron chi connectivity index (χ0n) is 27.1. The van der Waals surface area contributed by atoms with Crippen molar-refractivity contribution in [3.05, 3.63) is 0 Å². The van der Waals surface area contributed by atoms with E-state index in [1.807, 2.05) is 19.0 Å². The van der Waals surface area contributed by atoms with E-state index in [1.54, 1.807) is 0 Å². The Hall–Kier alpha value is -0.0794. The fourth-order valence-corrected chi connectivity index (χ4v) is 6.72. The van der Waals surface area contributed by atoms with E-state index in [4.69, 9.17) is 22.8 Å². The molecule has 0 aromatic rings. The average molecular weight is 578 g/mol. The van der Waals surface area contributed by atoms with Crippen LogP contribution in [0.15, 0.2) is 0 Å². The van der Waals surface area contributed by atoms with Gasteiger partial charge in [-0.05, 0) is 68.5 Å². The van der Waals surface area contributed by atoms with Gasteiger partial charge in [0, 0.05) is 6.54 Å². The highest BCUT2D eigenvalue weighted by Crippen LogP contribution is 2.46. The summed E-state index contributed by atoms with van der Waals surface area (Å²) in [6, 6.07) is 0. The molecule has 1 aliphatic heterocycles. The maximum absolute atomic E-state index is 12.9. The Balaban J connectivity index is 3.54. The second-order valence-electron chi connectivity index (χ2n) is 15.5. The van der Waals surface area contributed by atoms with Crippen LogP contribution in [0.3, 0.4) is 0 Å². The molecule has 1 heterocycles. The van der Waals surface area contributed by atoms with E-state index in [1.165, 1.54) is 0 Å². The van der Waals surface area contributed by atoms with Crippen LogP contribution < -0.4 is 0 Å². The van der Waals surface area contributed by atoms with Crippen molar-refractivity contribution in [2.45, 2.75) is 148 Å². The average Bonchev–Trinajstić information content (AvgIpc) is 2.92. The predicted octanol–water partition coefficient (Wildman–Crippen LogP) is 6.97. The van der Waals surface area contributed by atoms with Gasteiger partial charge >= 0.3 is 5.97 Å². The molecule has 0 amide bonds. The SMILES string of the molecule is CN(C)CCC(=O)O[C@H]1O[C@@H](O[Si](C)(C)C(C)(C)C)[C@H](O[Si](C)(C)C(C)(C)C)[C@H]1O[Si](C)(C)C(C)(C)C. The van der Waals surface area contributed by atoms with Gasteiger partial charge in [0.05, 0.1) is 6.42 Å². The Kier molecular flexibility index (Phi) is 11.1. The Morgan fingerprint density at radius 1 is 0.676 bits per heavy atom. The van der Waals surface area contributed by atoms with Crippen LogP contribution in [0.1, 0.15) is 68.7 Å². The summed E-state index contributed by atoms with van der Waals surface area (Å²) in [5.41, 5.74) is 0. The van der Waals surface area contributed by atoms with Crippen molar-refractivity contribution in [2.24, 2.45) is 0 Å². The van der Waals surface area contributed by atoms with Crippen molar-refractivity contribution in [2.75, 3.05) is 20.6 Å². The zero-order chi connectivity index (χ0) is 29.4. The first-order chi connectivity index (χ1) is 16.2. The topological polar surface area (TPSA) is 66.5 Å². The summed E-state index contributed by atoms with van der Waals surface area (Å²) in [4.78, 5) is 14.8. The van der Waals surface area contributed by atoms with Gasteiger partial charge in [0.1, 0.15) is 12.2 Å². The van der Waals surface area contributed by atoms with E-state index >= 15 is 0 Å². The van der Waals surface area contributed by atoms with E-state index in [9.17, 15) is 4.79 Å². The smallest absolute Gasteiger partial charge is 0.309 e. The highest BCUT2D eigenvalue weighted by molar-refractivity contribution is 6.75. The summed E-state index contributed by atoms with van der Waals surface area (Å²) in [5.74, 6) is -0.304. The van der Waals surface area contributed by atoms with Gasteiger partial charge in [-0.15, -0.1) is 0 Å². The number of ether oxygens (including phenoxy) is 2. The van der Waals surface area contributed by atoms with Gasteiger partial charge in [-0.2, -0.15) is 0 Å². The monoisotopic (exact) mass is 577 g/mol. The summed E-state index contributed by atoms with van der Waals surface area (Å²) in [5, 5.41) is -0.0724. The van der Waals surface area contributed by atoms with Crippen LogP contribution in [0, 0.1) is 0 Å². The molecule has 1 aliphatic rings. The van der Waals surface area contributed by atoms with Crippen LogP contribution in [0.4, 0.5) is 0 Å². The molecular formula is C27H59NO6Si3. The standard InChI is InChI=1S/C27H59NO6Si3/c1-25(2,3)35(12,13)32-21-22(33-36(14,15)26(4,5)6)24(34-37(16,17)27(7,8)9)31-23(21)30-20(29)18-19-28(10)11/h21-24H,18-19H2,1-17H3/t21-,22-,23+,24+/m1/s1. The molecular weight excluding hydrogens is 519 g/mol. The molecule has 220 valence electrons. The molecule has 10 heteroatoms. The first kappa shape index (κ1) is 34.9. The van der Waals surface area contributed by atoms with Crippen LogP contribution >= 0.6 is 0 Å². The quantitative estimate of drug-likeness (QED) is 0.205. The van der Waals surface area contributed by atoms with E-state index in [0.29, 0.717) is 6.54 Å². The van der Waals surface area contributed by atoms with Gasteiger partial charge in [0.25, 0.3) is 0 Å². The maximum atomic E-state index is 12.9. The van der Waals surface area contributed by atoms with E-state index in [2.05, 4.69) is 102 Å². The number of hydrogen-bond acceptors (Lipinski definition) is 7. The number of carbonyl (C=O) groups is 1. The molecule has 0 aromatic carbocycles. The molecule has 1 saturated heterocycles. The van der Waals surface area contributed by atoms with Crippen molar-refractivity contribution in [3.63, 3.8) is 0 Å². The minimum Gasteiger partial charge on any atom is -0.433 e. The number of carbonyl (C=O) groups excluding carboxylic acids is 1. The van der Waals surface area contributed by atoms with E-state index in [-0.39, 0.29) is 27.5 Å². The molecule has 0 spiro atoms. The van der Waals surface area contributed by atoms with Crippen molar-refractivity contribution in [1.82, 2.24) is 4.90 Å². The summed E-state index contributed by atoms with van der Waals surface area (Å²) >= 11 is 0. The summed E-state index contributed by atoms with van der Waals surface area (Å²) in [6.45, 7) is 33.8. The van der Waals surface area contributed by atoms with Crippen molar-refractivity contribution >= 4 is 30.9 Å². The largest absolute Gasteiger partial charge is 0.433 e. The van der Waals surface area contributed by atoms with E-state index < -0.39 is 49.7 Å². The van der Waals surface area contributed by atoms with Gasteiger partial charge in [0.15, 0.2) is 31.2 Å².